The van der Waals surface area contributed by atoms with E-state index in [1.807, 2.05) is 39.8 Å². The Kier molecular flexibility index (Phi) is 6.04. The summed E-state index contributed by atoms with van der Waals surface area (Å²) < 4.78 is 5.43. The average molecular weight is 334 g/mol. The predicted molar refractivity (Wildman–Crippen MR) is 95.9 cm³/mol. The highest BCUT2D eigenvalue weighted by Gasteiger charge is 2.26. The van der Waals surface area contributed by atoms with Gasteiger partial charge in [-0.25, -0.2) is 9.78 Å². The fraction of sp³-hybridized carbons (Fsp3) is 0.667. The van der Waals surface area contributed by atoms with Gasteiger partial charge < -0.3 is 20.7 Å². The summed E-state index contributed by atoms with van der Waals surface area (Å²) in [6, 6.07) is 4.00. The lowest BCUT2D eigenvalue weighted by atomic mass is 9.97. The van der Waals surface area contributed by atoms with Crippen LogP contribution in [0.4, 0.5) is 10.6 Å². The van der Waals surface area contributed by atoms with E-state index in [9.17, 15) is 4.79 Å². The lowest BCUT2D eigenvalue weighted by molar-refractivity contribution is 0.0188. The molecule has 0 radical (unpaired) electrons. The summed E-state index contributed by atoms with van der Waals surface area (Å²) in [6.45, 7) is 10.5. The number of nitrogens with zero attached hydrogens (tertiary/aromatic N) is 2. The maximum Gasteiger partial charge on any atom is 0.410 e. The van der Waals surface area contributed by atoms with Gasteiger partial charge in [-0.05, 0) is 52.5 Å². The number of hydrogen-bond acceptors (Lipinski definition) is 5. The monoisotopic (exact) mass is 334 g/mol. The third kappa shape index (κ3) is 5.37. The van der Waals surface area contributed by atoms with Gasteiger partial charge >= 0.3 is 6.09 Å². The minimum atomic E-state index is -0.440. The second-order valence-corrected chi connectivity index (χ2v) is 7.46. The first-order valence-electron chi connectivity index (χ1n) is 8.67. The summed E-state index contributed by atoms with van der Waals surface area (Å²) >= 11 is 0. The zero-order valence-electron chi connectivity index (χ0n) is 15.3. The number of pyridine rings is 1. The Labute approximate surface area is 144 Å². The van der Waals surface area contributed by atoms with Crippen LogP contribution < -0.4 is 11.1 Å². The van der Waals surface area contributed by atoms with E-state index >= 15 is 0 Å². The zero-order valence-corrected chi connectivity index (χ0v) is 15.3. The van der Waals surface area contributed by atoms with Crippen molar-refractivity contribution in [3.8, 4) is 0 Å². The molecule has 1 aliphatic heterocycles. The van der Waals surface area contributed by atoms with Crippen LogP contribution in [0, 0.1) is 12.8 Å². The largest absolute Gasteiger partial charge is 0.444 e. The first-order chi connectivity index (χ1) is 11.3. The van der Waals surface area contributed by atoms with Gasteiger partial charge in [0, 0.05) is 37.4 Å². The Bertz CT molecular complexity index is 561. The molecular formula is C18H30N4O2. The van der Waals surface area contributed by atoms with Gasteiger partial charge in [0.1, 0.15) is 11.4 Å². The second kappa shape index (κ2) is 7.83. The van der Waals surface area contributed by atoms with Crippen molar-refractivity contribution in [2.45, 2.75) is 52.7 Å². The third-order valence-corrected chi connectivity index (χ3v) is 4.16. The normalized spacial score (nSPS) is 16.1. The quantitative estimate of drug-likeness (QED) is 0.885. The number of carbonyl (C=O) groups is 1. The van der Waals surface area contributed by atoms with Crippen molar-refractivity contribution in [3.63, 3.8) is 0 Å². The van der Waals surface area contributed by atoms with Crippen LogP contribution in [0.2, 0.25) is 0 Å². The highest BCUT2D eigenvalue weighted by Crippen LogP contribution is 2.21. The Morgan fingerprint density at radius 3 is 2.62 bits per heavy atom. The summed E-state index contributed by atoms with van der Waals surface area (Å²) in [5.41, 5.74) is 7.35. The van der Waals surface area contributed by atoms with Crippen LogP contribution in [-0.4, -0.2) is 41.2 Å². The number of ether oxygens (including phenoxy) is 1. The summed E-state index contributed by atoms with van der Waals surface area (Å²) in [5, 5.41) is 3.43. The number of rotatable bonds is 4. The summed E-state index contributed by atoms with van der Waals surface area (Å²) in [7, 11) is 0. The van der Waals surface area contributed by atoms with Gasteiger partial charge in [0.25, 0.3) is 0 Å². The number of aromatic nitrogens is 1. The van der Waals surface area contributed by atoms with E-state index in [4.69, 9.17) is 10.5 Å². The molecule has 1 aromatic rings. The fourth-order valence-corrected chi connectivity index (χ4v) is 2.79. The Hall–Kier alpha value is -1.82. The van der Waals surface area contributed by atoms with Gasteiger partial charge in [0.2, 0.25) is 0 Å². The maximum absolute atomic E-state index is 12.1. The van der Waals surface area contributed by atoms with Gasteiger partial charge in [0.15, 0.2) is 0 Å². The lowest BCUT2D eigenvalue weighted by Gasteiger charge is -2.33. The molecule has 3 N–H and O–H groups in total. The number of anilines is 1. The molecule has 0 bridgehead atoms. The number of carbonyl (C=O) groups excluding carboxylic acids is 1. The molecule has 6 nitrogen and oxygen atoms in total. The standard InChI is InChI=1S/C18H30N4O2/c1-13-5-6-15(11-19)16(21-13)20-12-14-7-9-22(10-8-14)17(23)24-18(2,3)4/h5-6,14H,7-12,19H2,1-4H3,(H,20,21). The number of aryl methyl sites for hydroxylation is 1. The summed E-state index contributed by atoms with van der Waals surface area (Å²) in [6.07, 6.45) is 1.73. The molecule has 0 atom stereocenters. The molecule has 0 saturated carbocycles. The minimum absolute atomic E-state index is 0.209. The molecule has 24 heavy (non-hydrogen) atoms. The SMILES string of the molecule is Cc1ccc(CN)c(NCC2CCN(C(=O)OC(C)(C)C)CC2)n1. The van der Waals surface area contributed by atoms with Gasteiger partial charge in [0.05, 0.1) is 0 Å². The molecule has 0 unspecified atom stereocenters. The van der Waals surface area contributed by atoms with Crippen molar-refractivity contribution >= 4 is 11.9 Å². The van der Waals surface area contributed by atoms with E-state index in [2.05, 4.69) is 10.3 Å². The smallest absolute Gasteiger partial charge is 0.410 e. The molecule has 1 saturated heterocycles. The molecular weight excluding hydrogens is 304 g/mol. The summed E-state index contributed by atoms with van der Waals surface area (Å²) in [4.78, 5) is 18.4. The second-order valence-electron chi connectivity index (χ2n) is 7.46. The van der Waals surface area contributed by atoms with E-state index < -0.39 is 5.60 Å². The Morgan fingerprint density at radius 2 is 2.04 bits per heavy atom. The molecule has 0 spiro atoms. The molecule has 134 valence electrons. The van der Waals surface area contributed by atoms with E-state index in [-0.39, 0.29) is 6.09 Å². The van der Waals surface area contributed by atoms with E-state index in [1.54, 1.807) is 4.90 Å². The minimum Gasteiger partial charge on any atom is -0.444 e. The highest BCUT2D eigenvalue weighted by molar-refractivity contribution is 5.68. The number of nitrogens with one attached hydrogen (secondary N) is 1. The van der Waals surface area contributed by atoms with Crippen molar-refractivity contribution in [1.82, 2.24) is 9.88 Å². The van der Waals surface area contributed by atoms with E-state index in [1.165, 1.54) is 0 Å². The first-order valence-corrected chi connectivity index (χ1v) is 8.67. The van der Waals surface area contributed by atoms with Crippen LogP contribution in [0.25, 0.3) is 0 Å². The number of piperidine rings is 1. The van der Waals surface area contributed by atoms with Gasteiger partial charge in [-0.15, -0.1) is 0 Å². The van der Waals surface area contributed by atoms with Crippen LogP contribution in [-0.2, 0) is 11.3 Å². The lowest BCUT2D eigenvalue weighted by Crippen LogP contribution is -2.42. The van der Waals surface area contributed by atoms with Crippen LogP contribution in [0.5, 0.6) is 0 Å². The first kappa shape index (κ1) is 18.5. The van der Waals surface area contributed by atoms with Gasteiger partial charge in [-0.3, -0.25) is 0 Å². The van der Waals surface area contributed by atoms with Crippen LogP contribution >= 0.6 is 0 Å². The number of nitrogens with two attached hydrogens (primary N) is 1. The molecule has 1 aromatic heterocycles. The van der Waals surface area contributed by atoms with Crippen LogP contribution in [0.3, 0.4) is 0 Å². The van der Waals surface area contributed by atoms with Crippen molar-refractivity contribution in [2.75, 3.05) is 25.0 Å². The number of hydrogen-bond donors (Lipinski definition) is 2. The zero-order chi connectivity index (χ0) is 17.7. The fourth-order valence-electron chi connectivity index (χ4n) is 2.79. The molecule has 6 heteroatoms. The average Bonchev–Trinajstić information content (AvgIpc) is 2.52. The van der Waals surface area contributed by atoms with E-state index in [0.29, 0.717) is 12.5 Å². The molecule has 1 aliphatic rings. The van der Waals surface area contributed by atoms with Crippen molar-refractivity contribution in [2.24, 2.45) is 11.7 Å². The topological polar surface area (TPSA) is 80.5 Å². The van der Waals surface area contributed by atoms with Crippen molar-refractivity contribution in [3.05, 3.63) is 23.4 Å². The molecule has 0 aromatic carbocycles. The Morgan fingerprint density at radius 1 is 1.38 bits per heavy atom. The molecule has 0 aliphatic carbocycles. The molecule has 1 fully saturated rings. The third-order valence-electron chi connectivity index (χ3n) is 4.16. The van der Waals surface area contributed by atoms with E-state index in [0.717, 1.165) is 49.6 Å². The van der Waals surface area contributed by atoms with Crippen molar-refractivity contribution in [1.29, 1.82) is 0 Å². The highest BCUT2D eigenvalue weighted by atomic mass is 16.6. The predicted octanol–water partition coefficient (Wildman–Crippen LogP) is 2.91. The van der Waals surface area contributed by atoms with Crippen molar-refractivity contribution < 1.29 is 9.53 Å². The Balaban J connectivity index is 1.81. The van der Waals surface area contributed by atoms with Crippen LogP contribution in [0.1, 0.15) is 44.9 Å². The maximum atomic E-state index is 12.1. The summed E-state index contributed by atoms with van der Waals surface area (Å²) in [5.74, 6) is 1.41. The number of amides is 1. The van der Waals surface area contributed by atoms with Gasteiger partial charge in [-0.2, -0.15) is 0 Å². The van der Waals surface area contributed by atoms with Gasteiger partial charge in [-0.1, -0.05) is 6.07 Å². The molecule has 2 heterocycles. The van der Waals surface area contributed by atoms with Crippen LogP contribution in [0.15, 0.2) is 12.1 Å². The molecule has 2 rings (SSSR count). The number of likely N-dealkylation sites (tertiary alicyclic amines) is 1. The molecule has 1 amide bonds.